The zero-order valence-corrected chi connectivity index (χ0v) is 14.6. The molecule has 0 aliphatic carbocycles. The first-order chi connectivity index (χ1) is 9.75. The van der Waals surface area contributed by atoms with Gasteiger partial charge in [0.25, 0.3) is 5.91 Å². The van der Waals surface area contributed by atoms with Gasteiger partial charge in [-0.1, -0.05) is 0 Å². The van der Waals surface area contributed by atoms with Crippen LogP contribution < -0.4 is 5.32 Å². The standard InChI is InChI=1S/C14H17N3O2S.2ClH/c1-17(11-2-5-15-6-3-11)14(18)12-9-20-13(16-12)10-4-7-19-8-10;;/h4,7-9,11,15H,2-3,5-6H2,1H3;2*1H. The molecule has 122 valence electrons. The van der Waals surface area contributed by atoms with E-state index in [-0.39, 0.29) is 30.7 Å². The molecule has 1 amide bonds. The van der Waals surface area contributed by atoms with Crippen molar-refractivity contribution in [1.82, 2.24) is 15.2 Å². The number of rotatable bonds is 3. The van der Waals surface area contributed by atoms with Crippen LogP contribution in [0.4, 0.5) is 0 Å². The molecular formula is C14H19Cl2N3O2S. The highest BCUT2D eigenvalue weighted by Gasteiger charge is 2.24. The van der Waals surface area contributed by atoms with Gasteiger partial charge < -0.3 is 14.6 Å². The van der Waals surface area contributed by atoms with Gasteiger partial charge >= 0.3 is 0 Å². The van der Waals surface area contributed by atoms with Crippen molar-refractivity contribution in [1.29, 1.82) is 0 Å². The maximum Gasteiger partial charge on any atom is 0.273 e. The van der Waals surface area contributed by atoms with E-state index >= 15 is 0 Å². The molecule has 0 spiro atoms. The van der Waals surface area contributed by atoms with Gasteiger partial charge in [0.05, 0.1) is 6.26 Å². The quantitative estimate of drug-likeness (QED) is 0.910. The number of carbonyl (C=O) groups is 1. The average molecular weight is 364 g/mol. The monoisotopic (exact) mass is 363 g/mol. The molecule has 1 fully saturated rings. The van der Waals surface area contributed by atoms with Gasteiger partial charge in [0.1, 0.15) is 17.0 Å². The normalized spacial score (nSPS) is 14.8. The Morgan fingerprint density at radius 2 is 2.14 bits per heavy atom. The van der Waals surface area contributed by atoms with E-state index in [1.807, 2.05) is 23.4 Å². The molecular weight excluding hydrogens is 345 g/mol. The summed E-state index contributed by atoms with van der Waals surface area (Å²) in [7, 11) is 1.87. The van der Waals surface area contributed by atoms with Crippen molar-refractivity contribution in [3.05, 3.63) is 29.7 Å². The Morgan fingerprint density at radius 1 is 1.41 bits per heavy atom. The lowest BCUT2D eigenvalue weighted by Gasteiger charge is -2.31. The van der Waals surface area contributed by atoms with Crippen LogP contribution in [-0.2, 0) is 0 Å². The fourth-order valence-corrected chi connectivity index (χ4v) is 3.21. The minimum Gasteiger partial charge on any atom is -0.472 e. The Labute approximate surface area is 145 Å². The van der Waals surface area contributed by atoms with E-state index in [1.165, 1.54) is 11.3 Å². The maximum atomic E-state index is 12.5. The van der Waals surface area contributed by atoms with Crippen LogP contribution in [0.15, 0.2) is 28.4 Å². The van der Waals surface area contributed by atoms with Crippen LogP contribution in [0.3, 0.4) is 0 Å². The number of piperidine rings is 1. The lowest BCUT2D eigenvalue weighted by molar-refractivity contribution is 0.0698. The van der Waals surface area contributed by atoms with Crippen LogP contribution in [-0.4, -0.2) is 42.0 Å². The lowest BCUT2D eigenvalue weighted by atomic mass is 10.1. The van der Waals surface area contributed by atoms with Gasteiger partial charge in [-0.05, 0) is 32.0 Å². The molecule has 5 nitrogen and oxygen atoms in total. The van der Waals surface area contributed by atoms with Gasteiger partial charge in [0.2, 0.25) is 0 Å². The summed E-state index contributed by atoms with van der Waals surface area (Å²) >= 11 is 1.47. The number of furan rings is 1. The van der Waals surface area contributed by atoms with Crippen molar-refractivity contribution >= 4 is 42.1 Å². The molecule has 0 unspecified atom stereocenters. The number of carbonyl (C=O) groups excluding carboxylic acids is 1. The Morgan fingerprint density at radius 3 is 2.77 bits per heavy atom. The van der Waals surface area contributed by atoms with E-state index in [0.717, 1.165) is 36.5 Å². The first-order valence-electron chi connectivity index (χ1n) is 6.71. The van der Waals surface area contributed by atoms with E-state index in [4.69, 9.17) is 4.42 Å². The molecule has 2 aromatic rings. The summed E-state index contributed by atoms with van der Waals surface area (Å²) in [6.45, 7) is 1.94. The molecule has 3 rings (SSSR count). The number of thiazole rings is 1. The second-order valence-electron chi connectivity index (χ2n) is 4.95. The third kappa shape index (κ3) is 4.01. The smallest absolute Gasteiger partial charge is 0.273 e. The van der Waals surface area contributed by atoms with E-state index < -0.39 is 0 Å². The fourth-order valence-electron chi connectivity index (χ4n) is 2.43. The topological polar surface area (TPSA) is 58.4 Å². The van der Waals surface area contributed by atoms with Crippen molar-refractivity contribution in [3.8, 4) is 10.6 Å². The predicted molar refractivity (Wildman–Crippen MR) is 92.3 cm³/mol. The molecule has 22 heavy (non-hydrogen) atoms. The van der Waals surface area contributed by atoms with Crippen molar-refractivity contribution in [2.45, 2.75) is 18.9 Å². The summed E-state index contributed by atoms with van der Waals surface area (Å²) in [5, 5.41) is 5.95. The molecule has 8 heteroatoms. The molecule has 0 bridgehead atoms. The molecule has 0 atom stereocenters. The van der Waals surface area contributed by atoms with Crippen LogP contribution in [0.25, 0.3) is 10.6 Å². The minimum atomic E-state index is 0. The van der Waals surface area contributed by atoms with E-state index in [1.54, 1.807) is 12.5 Å². The molecule has 1 saturated heterocycles. The van der Waals surface area contributed by atoms with Gasteiger partial charge in [-0.25, -0.2) is 4.98 Å². The van der Waals surface area contributed by atoms with Crippen molar-refractivity contribution in [2.24, 2.45) is 0 Å². The van der Waals surface area contributed by atoms with Crippen molar-refractivity contribution in [3.63, 3.8) is 0 Å². The number of amides is 1. The van der Waals surface area contributed by atoms with Gasteiger partial charge in [0, 0.05) is 24.0 Å². The number of hydrogen-bond donors (Lipinski definition) is 1. The molecule has 3 heterocycles. The Balaban J connectivity index is 0.00000121. The average Bonchev–Trinajstić information content (AvgIpc) is 3.17. The lowest BCUT2D eigenvalue weighted by Crippen LogP contribution is -2.44. The van der Waals surface area contributed by atoms with Crippen LogP contribution in [0, 0.1) is 0 Å². The number of nitrogens with zero attached hydrogens (tertiary/aromatic N) is 2. The number of nitrogens with one attached hydrogen (secondary N) is 1. The van der Waals surface area contributed by atoms with E-state index in [2.05, 4.69) is 10.3 Å². The fraction of sp³-hybridized carbons (Fsp3) is 0.429. The zero-order chi connectivity index (χ0) is 13.9. The van der Waals surface area contributed by atoms with Crippen LogP contribution in [0.5, 0.6) is 0 Å². The highest BCUT2D eigenvalue weighted by atomic mass is 35.5. The van der Waals surface area contributed by atoms with Crippen molar-refractivity contribution in [2.75, 3.05) is 20.1 Å². The Kier molecular flexibility index (Phi) is 7.35. The van der Waals surface area contributed by atoms with Crippen LogP contribution in [0.2, 0.25) is 0 Å². The first kappa shape index (κ1) is 19.0. The second kappa shape index (κ2) is 8.53. The zero-order valence-electron chi connectivity index (χ0n) is 12.2. The second-order valence-corrected chi connectivity index (χ2v) is 5.81. The minimum absolute atomic E-state index is 0. The van der Waals surface area contributed by atoms with Gasteiger partial charge in [-0.3, -0.25) is 4.79 Å². The predicted octanol–water partition coefficient (Wildman–Crippen LogP) is 3.07. The highest BCUT2D eigenvalue weighted by molar-refractivity contribution is 7.13. The van der Waals surface area contributed by atoms with Gasteiger partial charge in [0.15, 0.2) is 0 Å². The molecule has 0 saturated carbocycles. The molecule has 1 aliphatic rings. The first-order valence-corrected chi connectivity index (χ1v) is 7.59. The summed E-state index contributed by atoms with van der Waals surface area (Å²) < 4.78 is 5.05. The Bertz CT molecular complexity index is 583. The van der Waals surface area contributed by atoms with Crippen LogP contribution >= 0.6 is 36.2 Å². The van der Waals surface area contributed by atoms with Crippen molar-refractivity contribution < 1.29 is 9.21 Å². The highest BCUT2D eigenvalue weighted by Crippen LogP contribution is 2.25. The van der Waals surface area contributed by atoms with E-state index in [0.29, 0.717) is 11.7 Å². The van der Waals surface area contributed by atoms with E-state index in [9.17, 15) is 4.79 Å². The summed E-state index contributed by atoms with van der Waals surface area (Å²) in [5.74, 6) is 0.00268. The van der Waals surface area contributed by atoms with Crippen LogP contribution in [0.1, 0.15) is 23.3 Å². The number of aromatic nitrogens is 1. The largest absolute Gasteiger partial charge is 0.472 e. The molecule has 1 aliphatic heterocycles. The summed E-state index contributed by atoms with van der Waals surface area (Å²) in [5.41, 5.74) is 1.44. The summed E-state index contributed by atoms with van der Waals surface area (Å²) in [4.78, 5) is 18.7. The van der Waals surface area contributed by atoms with Gasteiger partial charge in [-0.15, -0.1) is 36.2 Å². The Hall–Kier alpha value is -1.08. The summed E-state index contributed by atoms with van der Waals surface area (Å²) in [6.07, 6.45) is 5.25. The molecule has 0 aromatic carbocycles. The third-order valence-corrected chi connectivity index (χ3v) is 4.56. The molecule has 1 N–H and O–H groups in total. The summed E-state index contributed by atoms with van der Waals surface area (Å²) in [6, 6.07) is 2.16. The van der Waals surface area contributed by atoms with Gasteiger partial charge in [-0.2, -0.15) is 0 Å². The SMILES string of the molecule is CN(C(=O)c1csc(-c2ccoc2)n1)C1CCNCC1.Cl.Cl. The maximum absolute atomic E-state index is 12.5. The molecule has 2 aromatic heterocycles. The number of hydrogen-bond acceptors (Lipinski definition) is 5. The molecule has 0 radical (unpaired) electrons. The third-order valence-electron chi connectivity index (χ3n) is 3.67. The number of halogens is 2.